The average Bonchev–Trinajstić information content (AvgIpc) is 3.42. The molecule has 9 nitrogen and oxygen atoms in total. The molecule has 10 heteroatoms. The van der Waals surface area contributed by atoms with Gasteiger partial charge in [0.1, 0.15) is 23.1 Å². The Balaban J connectivity index is 1.32. The van der Waals surface area contributed by atoms with E-state index in [9.17, 15) is 4.79 Å². The number of rotatable bonds is 5. The molecule has 0 radical (unpaired) electrons. The molecule has 38 heavy (non-hydrogen) atoms. The molecule has 3 heterocycles. The van der Waals surface area contributed by atoms with Crippen molar-refractivity contribution in [2.45, 2.75) is 40.0 Å². The second kappa shape index (κ2) is 9.83. The molecule has 0 aliphatic heterocycles. The number of aryl methyl sites for hydroxylation is 2. The SMILES string of the molecule is Cc1noc(C)c1-c1[nH]c(C(C)(C)C)nc1NC(=O)Nc1ccc(Oc2ccnc3cc(Cl)ccc23)cc1. The lowest BCUT2D eigenvalue weighted by Gasteiger charge is -2.14. The second-order valence-corrected chi connectivity index (χ2v) is 10.4. The second-order valence-electron chi connectivity index (χ2n) is 9.93. The lowest BCUT2D eigenvalue weighted by Crippen LogP contribution is -2.20. The van der Waals surface area contributed by atoms with E-state index in [-0.39, 0.29) is 5.41 Å². The fraction of sp³-hybridized carbons (Fsp3) is 0.214. The normalized spacial score (nSPS) is 11.5. The minimum Gasteiger partial charge on any atom is -0.457 e. The van der Waals surface area contributed by atoms with E-state index in [1.807, 2.05) is 40.7 Å². The van der Waals surface area contributed by atoms with Crippen LogP contribution in [0.2, 0.25) is 5.02 Å². The van der Waals surface area contributed by atoms with Crippen LogP contribution in [0.25, 0.3) is 22.2 Å². The third-order valence-electron chi connectivity index (χ3n) is 5.93. The van der Waals surface area contributed by atoms with Gasteiger partial charge in [0.05, 0.1) is 22.5 Å². The van der Waals surface area contributed by atoms with Crippen molar-refractivity contribution in [2.75, 3.05) is 10.6 Å². The number of fused-ring (bicyclic) bond motifs is 1. The quantitative estimate of drug-likeness (QED) is 0.215. The van der Waals surface area contributed by atoms with E-state index in [1.54, 1.807) is 48.7 Å². The topological polar surface area (TPSA) is 118 Å². The van der Waals surface area contributed by atoms with Gasteiger partial charge in [-0.2, -0.15) is 0 Å². The molecule has 0 fully saturated rings. The standard InChI is InChI=1S/C28H27ClN6O3/c1-15-23(16(2)38-35-15)24-25(33-26(32-24)28(3,4)5)34-27(36)31-18-7-9-19(10-8-18)37-22-12-13-30-21-14-17(29)6-11-20(21)22/h6-14H,1-5H3,(H,32,33)(H2,31,34,36). The van der Waals surface area contributed by atoms with Gasteiger partial charge in [0, 0.05) is 27.7 Å². The van der Waals surface area contributed by atoms with Crippen molar-refractivity contribution in [1.29, 1.82) is 0 Å². The number of anilines is 2. The van der Waals surface area contributed by atoms with Gasteiger partial charge in [-0.15, -0.1) is 0 Å². The Hall–Kier alpha value is -4.37. The molecule has 3 N–H and O–H groups in total. The van der Waals surface area contributed by atoms with Gasteiger partial charge in [-0.1, -0.05) is 37.5 Å². The van der Waals surface area contributed by atoms with Crippen molar-refractivity contribution < 1.29 is 14.1 Å². The third-order valence-corrected chi connectivity index (χ3v) is 6.17. The molecule has 0 saturated heterocycles. The van der Waals surface area contributed by atoms with Gasteiger partial charge in [0.2, 0.25) is 0 Å². The van der Waals surface area contributed by atoms with Crippen LogP contribution in [0, 0.1) is 13.8 Å². The number of carbonyl (C=O) groups excluding carboxylic acids is 1. The van der Waals surface area contributed by atoms with Gasteiger partial charge in [-0.3, -0.25) is 10.3 Å². The Morgan fingerprint density at radius 3 is 2.50 bits per heavy atom. The first-order chi connectivity index (χ1) is 18.1. The van der Waals surface area contributed by atoms with Crippen LogP contribution in [0.5, 0.6) is 11.5 Å². The maximum Gasteiger partial charge on any atom is 0.324 e. The van der Waals surface area contributed by atoms with Crippen LogP contribution in [-0.2, 0) is 5.41 Å². The maximum atomic E-state index is 12.9. The summed E-state index contributed by atoms with van der Waals surface area (Å²) in [5, 5.41) is 11.2. The Bertz CT molecular complexity index is 1610. The molecule has 194 valence electrons. The van der Waals surface area contributed by atoms with E-state index in [1.165, 1.54) is 0 Å². The van der Waals surface area contributed by atoms with E-state index in [0.29, 0.717) is 45.2 Å². The fourth-order valence-corrected chi connectivity index (χ4v) is 4.19. The van der Waals surface area contributed by atoms with Crippen molar-refractivity contribution in [3.05, 3.63) is 77.0 Å². The van der Waals surface area contributed by atoms with Crippen molar-refractivity contribution in [2.24, 2.45) is 0 Å². The molecule has 5 rings (SSSR count). The number of carbonyl (C=O) groups is 1. The molecule has 0 unspecified atom stereocenters. The molecule has 2 aromatic carbocycles. The highest BCUT2D eigenvalue weighted by Gasteiger charge is 2.25. The zero-order valence-electron chi connectivity index (χ0n) is 21.6. The number of H-pyrrole nitrogens is 1. The van der Waals surface area contributed by atoms with E-state index < -0.39 is 6.03 Å². The summed E-state index contributed by atoms with van der Waals surface area (Å²) in [5.74, 6) is 3.03. The van der Waals surface area contributed by atoms with Crippen molar-refractivity contribution >= 4 is 40.0 Å². The van der Waals surface area contributed by atoms with Crippen LogP contribution >= 0.6 is 11.6 Å². The highest BCUT2D eigenvalue weighted by molar-refractivity contribution is 6.31. The lowest BCUT2D eigenvalue weighted by atomic mass is 9.96. The number of nitrogens with one attached hydrogen (secondary N) is 3. The summed E-state index contributed by atoms with van der Waals surface area (Å²) in [4.78, 5) is 25.3. The predicted octanol–water partition coefficient (Wildman–Crippen LogP) is 7.62. The number of amides is 2. The zero-order chi connectivity index (χ0) is 27.0. The molecule has 0 aliphatic carbocycles. The number of aromatic nitrogens is 4. The molecular weight excluding hydrogens is 504 g/mol. The number of hydrogen-bond acceptors (Lipinski definition) is 6. The Labute approximate surface area is 224 Å². The van der Waals surface area contributed by atoms with Crippen LogP contribution in [0.3, 0.4) is 0 Å². The zero-order valence-corrected chi connectivity index (χ0v) is 22.4. The van der Waals surface area contributed by atoms with Gasteiger partial charge >= 0.3 is 6.03 Å². The molecule has 0 atom stereocenters. The van der Waals surface area contributed by atoms with Crippen LogP contribution < -0.4 is 15.4 Å². The lowest BCUT2D eigenvalue weighted by molar-refractivity contribution is 0.262. The van der Waals surface area contributed by atoms with Crippen LogP contribution in [-0.4, -0.2) is 26.1 Å². The summed E-state index contributed by atoms with van der Waals surface area (Å²) in [6.07, 6.45) is 1.67. The molecular formula is C28H27ClN6O3. The van der Waals surface area contributed by atoms with E-state index in [0.717, 1.165) is 22.3 Å². The number of halogens is 1. The van der Waals surface area contributed by atoms with E-state index >= 15 is 0 Å². The van der Waals surface area contributed by atoms with Crippen molar-refractivity contribution in [3.63, 3.8) is 0 Å². The monoisotopic (exact) mass is 530 g/mol. The van der Waals surface area contributed by atoms with Crippen LogP contribution in [0.4, 0.5) is 16.3 Å². The minimum absolute atomic E-state index is 0.258. The summed E-state index contributed by atoms with van der Waals surface area (Å²) in [6, 6.07) is 13.9. The minimum atomic E-state index is -0.435. The summed E-state index contributed by atoms with van der Waals surface area (Å²) in [5.41, 5.74) is 3.20. The smallest absolute Gasteiger partial charge is 0.324 e. The van der Waals surface area contributed by atoms with Crippen LogP contribution in [0.15, 0.2) is 59.3 Å². The van der Waals surface area contributed by atoms with E-state index in [2.05, 4.69) is 30.7 Å². The number of benzene rings is 2. The Morgan fingerprint density at radius 2 is 1.82 bits per heavy atom. The molecule has 2 amide bonds. The molecule has 0 bridgehead atoms. The van der Waals surface area contributed by atoms with Crippen molar-refractivity contribution in [3.8, 4) is 22.8 Å². The number of hydrogen-bond donors (Lipinski definition) is 3. The maximum absolute atomic E-state index is 12.9. The number of ether oxygens (including phenoxy) is 1. The molecule has 3 aromatic heterocycles. The van der Waals surface area contributed by atoms with Gasteiger partial charge in [0.25, 0.3) is 0 Å². The first-order valence-corrected chi connectivity index (χ1v) is 12.4. The highest BCUT2D eigenvalue weighted by Crippen LogP contribution is 2.34. The number of urea groups is 1. The summed E-state index contributed by atoms with van der Waals surface area (Å²) < 4.78 is 11.4. The molecule has 5 aromatic rings. The number of nitrogens with zero attached hydrogens (tertiary/aromatic N) is 3. The van der Waals surface area contributed by atoms with Gasteiger partial charge in [-0.25, -0.2) is 9.78 Å². The molecule has 0 aliphatic rings. The number of imidazole rings is 1. The van der Waals surface area contributed by atoms with E-state index in [4.69, 9.17) is 20.9 Å². The molecule has 0 spiro atoms. The van der Waals surface area contributed by atoms with Gasteiger partial charge < -0.3 is 19.6 Å². The summed E-state index contributed by atoms with van der Waals surface area (Å²) >= 11 is 6.08. The average molecular weight is 531 g/mol. The first kappa shape index (κ1) is 25.3. The number of pyridine rings is 1. The predicted molar refractivity (Wildman–Crippen MR) is 148 cm³/mol. The number of aromatic amines is 1. The van der Waals surface area contributed by atoms with Gasteiger partial charge in [-0.05, 0) is 62.4 Å². The Kier molecular flexibility index (Phi) is 6.54. The summed E-state index contributed by atoms with van der Waals surface area (Å²) in [7, 11) is 0. The first-order valence-electron chi connectivity index (χ1n) is 12.0. The van der Waals surface area contributed by atoms with Gasteiger partial charge in [0.15, 0.2) is 5.82 Å². The Morgan fingerprint density at radius 1 is 1.05 bits per heavy atom. The fourth-order valence-electron chi connectivity index (χ4n) is 4.03. The largest absolute Gasteiger partial charge is 0.457 e. The highest BCUT2D eigenvalue weighted by atomic mass is 35.5. The van der Waals surface area contributed by atoms with Crippen LogP contribution in [0.1, 0.15) is 38.0 Å². The summed E-state index contributed by atoms with van der Waals surface area (Å²) in [6.45, 7) is 9.80. The third kappa shape index (κ3) is 5.19. The van der Waals surface area contributed by atoms with Crippen molar-refractivity contribution in [1.82, 2.24) is 20.1 Å². The molecule has 0 saturated carbocycles.